The Morgan fingerprint density at radius 3 is 2.80 bits per heavy atom. The topological polar surface area (TPSA) is 66.9 Å². The molecule has 3 rings (SSSR count). The molecule has 0 spiro atoms. The molecule has 1 fully saturated rings. The second kappa shape index (κ2) is 8.10. The molecule has 1 heterocycles. The third-order valence-electron chi connectivity index (χ3n) is 4.71. The summed E-state index contributed by atoms with van der Waals surface area (Å²) in [5.41, 5.74) is 3.74. The Morgan fingerprint density at radius 2 is 2.00 bits per heavy atom. The highest BCUT2D eigenvalue weighted by atomic mass is 16.1. The van der Waals surface area contributed by atoms with Crippen molar-refractivity contribution < 1.29 is 4.79 Å². The number of anilines is 2. The van der Waals surface area contributed by atoms with Crippen LogP contribution in [0.3, 0.4) is 0 Å². The van der Waals surface area contributed by atoms with Crippen LogP contribution < -0.4 is 10.6 Å². The fourth-order valence-corrected chi connectivity index (χ4v) is 3.26. The van der Waals surface area contributed by atoms with Crippen molar-refractivity contribution in [3.63, 3.8) is 0 Å². The summed E-state index contributed by atoms with van der Waals surface area (Å²) in [4.78, 5) is 21.2. The highest BCUT2D eigenvalue weighted by molar-refractivity contribution is 5.92. The molecule has 25 heavy (non-hydrogen) atoms. The number of nitrogens with zero attached hydrogens (tertiary/aromatic N) is 2. The SMILES string of the molecule is Cc1cnc(C)c(NCc2cccc(NC(=O)C3CCCCC3)c2)n1. The predicted octanol–water partition coefficient (Wildman–Crippen LogP) is 4.22. The molecule has 1 amide bonds. The molecule has 0 saturated heterocycles. The molecule has 0 unspecified atom stereocenters. The van der Waals surface area contributed by atoms with Crippen LogP contribution in [0.25, 0.3) is 0 Å². The summed E-state index contributed by atoms with van der Waals surface area (Å²) in [5, 5.41) is 6.40. The lowest BCUT2D eigenvalue weighted by molar-refractivity contribution is -0.120. The van der Waals surface area contributed by atoms with Crippen LogP contribution >= 0.6 is 0 Å². The van der Waals surface area contributed by atoms with Crippen molar-refractivity contribution in [3.05, 3.63) is 47.4 Å². The van der Waals surface area contributed by atoms with Crippen LogP contribution in [-0.4, -0.2) is 15.9 Å². The van der Waals surface area contributed by atoms with E-state index in [1.807, 2.05) is 38.1 Å². The Kier molecular flexibility index (Phi) is 5.64. The Hall–Kier alpha value is -2.43. The van der Waals surface area contributed by atoms with E-state index in [0.29, 0.717) is 6.54 Å². The Bertz CT molecular complexity index is 738. The molecule has 1 aromatic carbocycles. The number of aromatic nitrogens is 2. The monoisotopic (exact) mass is 338 g/mol. The highest BCUT2D eigenvalue weighted by Gasteiger charge is 2.21. The van der Waals surface area contributed by atoms with Gasteiger partial charge in [0.2, 0.25) is 5.91 Å². The zero-order valence-corrected chi connectivity index (χ0v) is 15.0. The van der Waals surface area contributed by atoms with Gasteiger partial charge in [-0.1, -0.05) is 31.4 Å². The molecule has 1 aliphatic carbocycles. The first-order valence-corrected chi connectivity index (χ1v) is 9.06. The number of rotatable bonds is 5. The van der Waals surface area contributed by atoms with E-state index in [1.54, 1.807) is 6.20 Å². The molecule has 5 nitrogen and oxygen atoms in total. The first kappa shape index (κ1) is 17.4. The summed E-state index contributed by atoms with van der Waals surface area (Å²) in [6, 6.07) is 7.98. The minimum atomic E-state index is 0.158. The van der Waals surface area contributed by atoms with Crippen LogP contribution in [0.15, 0.2) is 30.5 Å². The summed E-state index contributed by atoms with van der Waals surface area (Å²) in [5.74, 6) is 1.13. The van der Waals surface area contributed by atoms with Gasteiger partial charge in [0, 0.05) is 24.3 Å². The second-order valence-corrected chi connectivity index (χ2v) is 6.82. The van der Waals surface area contributed by atoms with E-state index in [0.717, 1.165) is 41.3 Å². The zero-order chi connectivity index (χ0) is 17.6. The van der Waals surface area contributed by atoms with E-state index in [2.05, 4.69) is 20.6 Å². The molecule has 2 N–H and O–H groups in total. The van der Waals surface area contributed by atoms with Gasteiger partial charge in [0.15, 0.2) is 0 Å². The van der Waals surface area contributed by atoms with Crippen LogP contribution in [0.2, 0.25) is 0 Å². The summed E-state index contributed by atoms with van der Waals surface area (Å²) in [7, 11) is 0. The summed E-state index contributed by atoms with van der Waals surface area (Å²) < 4.78 is 0. The van der Waals surface area contributed by atoms with Gasteiger partial charge >= 0.3 is 0 Å². The summed E-state index contributed by atoms with van der Waals surface area (Å²) in [6.45, 7) is 4.51. The van der Waals surface area contributed by atoms with Crippen LogP contribution in [0.5, 0.6) is 0 Å². The molecule has 1 aliphatic rings. The van der Waals surface area contributed by atoms with E-state index >= 15 is 0 Å². The Morgan fingerprint density at radius 1 is 1.20 bits per heavy atom. The molecule has 0 radical (unpaired) electrons. The van der Waals surface area contributed by atoms with Gasteiger partial charge in [-0.15, -0.1) is 0 Å². The average molecular weight is 338 g/mol. The lowest BCUT2D eigenvalue weighted by atomic mass is 9.88. The maximum atomic E-state index is 12.4. The molecule has 0 bridgehead atoms. The van der Waals surface area contributed by atoms with Crippen LogP contribution in [0.4, 0.5) is 11.5 Å². The molecule has 0 atom stereocenters. The molecular formula is C20H26N4O. The second-order valence-electron chi connectivity index (χ2n) is 6.82. The number of nitrogens with one attached hydrogen (secondary N) is 2. The number of benzene rings is 1. The summed E-state index contributed by atoms with van der Waals surface area (Å²) in [6.07, 6.45) is 7.38. The molecule has 5 heteroatoms. The van der Waals surface area contributed by atoms with Gasteiger partial charge in [-0.2, -0.15) is 0 Å². The smallest absolute Gasteiger partial charge is 0.227 e. The number of hydrogen-bond donors (Lipinski definition) is 2. The molecular weight excluding hydrogens is 312 g/mol. The maximum absolute atomic E-state index is 12.4. The lowest BCUT2D eigenvalue weighted by Crippen LogP contribution is -2.24. The van der Waals surface area contributed by atoms with Gasteiger partial charge in [-0.3, -0.25) is 9.78 Å². The number of carbonyl (C=O) groups excluding carboxylic acids is 1. The molecule has 2 aromatic rings. The first-order valence-electron chi connectivity index (χ1n) is 9.06. The van der Waals surface area contributed by atoms with Gasteiger partial charge in [-0.05, 0) is 44.4 Å². The average Bonchev–Trinajstić information content (AvgIpc) is 2.63. The lowest BCUT2D eigenvalue weighted by Gasteiger charge is -2.21. The summed E-state index contributed by atoms with van der Waals surface area (Å²) >= 11 is 0. The largest absolute Gasteiger partial charge is 0.364 e. The fraction of sp³-hybridized carbons (Fsp3) is 0.450. The Labute approximate surface area is 149 Å². The maximum Gasteiger partial charge on any atom is 0.227 e. The van der Waals surface area contributed by atoms with Crippen molar-refractivity contribution in [2.24, 2.45) is 5.92 Å². The van der Waals surface area contributed by atoms with Crippen LogP contribution in [0.1, 0.15) is 49.1 Å². The van der Waals surface area contributed by atoms with Crippen molar-refractivity contribution in [2.75, 3.05) is 10.6 Å². The van der Waals surface area contributed by atoms with Gasteiger partial charge in [-0.25, -0.2) is 4.98 Å². The molecule has 132 valence electrons. The minimum absolute atomic E-state index is 0.158. The minimum Gasteiger partial charge on any atom is -0.364 e. The van der Waals surface area contributed by atoms with Crippen molar-refractivity contribution in [3.8, 4) is 0 Å². The molecule has 1 aromatic heterocycles. The van der Waals surface area contributed by atoms with Crippen molar-refractivity contribution >= 4 is 17.4 Å². The standard InChI is InChI=1S/C20H26N4O/c1-14-12-21-15(2)19(23-14)22-13-16-7-6-10-18(11-16)24-20(25)17-8-4-3-5-9-17/h6-7,10-12,17H,3-5,8-9,13H2,1-2H3,(H,22,23)(H,24,25). The van der Waals surface area contributed by atoms with Crippen molar-refractivity contribution in [1.29, 1.82) is 0 Å². The quantitative estimate of drug-likeness (QED) is 0.856. The normalized spacial score (nSPS) is 15.0. The van der Waals surface area contributed by atoms with Gasteiger partial charge in [0.05, 0.1) is 11.4 Å². The number of aryl methyl sites for hydroxylation is 2. The Balaban J connectivity index is 1.61. The molecule has 0 aliphatic heterocycles. The third-order valence-corrected chi connectivity index (χ3v) is 4.71. The number of amides is 1. The van der Waals surface area contributed by atoms with E-state index in [9.17, 15) is 4.79 Å². The first-order chi connectivity index (χ1) is 12.1. The van der Waals surface area contributed by atoms with Crippen LogP contribution in [-0.2, 0) is 11.3 Å². The number of hydrogen-bond acceptors (Lipinski definition) is 4. The van der Waals surface area contributed by atoms with E-state index < -0.39 is 0 Å². The van der Waals surface area contributed by atoms with Gasteiger partial charge < -0.3 is 10.6 Å². The van der Waals surface area contributed by atoms with Crippen molar-refractivity contribution in [1.82, 2.24) is 9.97 Å². The van der Waals surface area contributed by atoms with Gasteiger partial charge in [0.1, 0.15) is 5.82 Å². The number of carbonyl (C=O) groups is 1. The van der Waals surface area contributed by atoms with E-state index in [1.165, 1.54) is 19.3 Å². The fourth-order valence-electron chi connectivity index (χ4n) is 3.26. The van der Waals surface area contributed by atoms with E-state index in [-0.39, 0.29) is 11.8 Å². The van der Waals surface area contributed by atoms with Gasteiger partial charge in [0.25, 0.3) is 0 Å². The molecule has 1 saturated carbocycles. The zero-order valence-electron chi connectivity index (χ0n) is 15.0. The predicted molar refractivity (Wildman–Crippen MR) is 100 cm³/mol. The van der Waals surface area contributed by atoms with E-state index in [4.69, 9.17) is 0 Å². The van der Waals surface area contributed by atoms with Crippen LogP contribution in [0, 0.1) is 19.8 Å². The van der Waals surface area contributed by atoms with Crippen molar-refractivity contribution in [2.45, 2.75) is 52.5 Å². The third kappa shape index (κ3) is 4.78. The highest BCUT2D eigenvalue weighted by Crippen LogP contribution is 2.25.